The molecule has 0 saturated carbocycles. The summed E-state index contributed by atoms with van der Waals surface area (Å²) in [4.78, 5) is 50.2. The highest BCUT2D eigenvalue weighted by Gasteiger charge is 2.36. The summed E-state index contributed by atoms with van der Waals surface area (Å²) >= 11 is 0. The highest BCUT2D eigenvalue weighted by Crippen LogP contribution is 2.21. The normalized spacial score (nSPS) is 12.9. The maximum atomic E-state index is 12.4. The number of amides is 3. The number of nitrogens with zero attached hydrogens (tertiary/aromatic N) is 4. The SMILES string of the molecule is Cn1c(-c2ccccc2)nn(CCNC(=O)CN2C(=O)c3ccccc3C2=O)c1=O. The van der Waals surface area contributed by atoms with Crippen LogP contribution in [-0.2, 0) is 18.4 Å². The van der Waals surface area contributed by atoms with Crippen molar-refractivity contribution in [3.8, 4) is 11.4 Å². The molecule has 0 radical (unpaired) electrons. The van der Waals surface area contributed by atoms with Gasteiger partial charge < -0.3 is 5.32 Å². The van der Waals surface area contributed by atoms with Gasteiger partial charge in [-0.1, -0.05) is 42.5 Å². The Morgan fingerprint density at radius 2 is 1.53 bits per heavy atom. The van der Waals surface area contributed by atoms with Crippen LogP contribution in [0, 0.1) is 0 Å². The van der Waals surface area contributed by atoms with E-state index in [0.29, 0.717) is 17.0 Å². The van der Waals surface area contributed by atoms with Crippen LogP contribution in [0.4, 0.5) is 0 Å². The number of imide groups is 1. The lowest BCUT2D eigenvalue weighted by molar-refractivity contribution is -0.121. The third-order valence-corrected chi connectivity index (χ3v) is 4.90. The van der Waals surface area contributed by atoms with Crippen LogP contribution >= 0.6 is 0 Å². The molecule has 9 nitrogen and oxygen atoms in total. The maximum absolute atomic E-state index is 12.4. The molecular formula is C21H19N5O4. The molecule has 9 heteroatoms. The predicted molar refractivity (Wildman–Crippen MR) is 108 cm³/mol. The van der Waals surface area contributed by atoms with Crippen molar-refractivity contribution in [1.82, 2.24) is 24.6 Å². The Balaban J connectivity index is 1.37. The molecule has 1 aliphatic rings. The first-order chi connectivity index (χ1) is 14.5. The number of carbonyl (C=O) groups excluding carboxylic acids is 3. The lowest BCUT2D eigenvalue weighted by Crippen LogP contribution is -2.41. The molecule has 4 rings (SSSR count). The van der Waals surface area contributed by atoms with Gasteiger partial charge in [-0.2, -0.15) is 0 Å². The van der Waals surface area contributed by atoms with Crippen LogP contribution in [0.3, 0.4) is 0 Å². The highest BCUT2D eigenvalue weighted by molar-refractivity contribution is 6.22. The van der Waals surface area contributed by atoms with Crippen molar-refractivity contribution in [3.05, 3.63) is 76.2 Å². The number of aromatic nitrogens is 3. The second-order valence-electron chi connectivity index (χ2n) is 6.85. The summed E-state index contributed by atoms with van der Waals surface area (Å²) in [7, 11) is 1.63. The monoisotopic (exact) mass is 405 g/mol. The molecule has 3 amide bonds. The molecule has 0 aliphatic carbocycles. The molecule has 0 unspecified atom stereocenters. The van der Waals surface area contributed by atoms with Crippen molar-refractivity contribution >= 4 is 17.7 Å². The van der Waals surface area contributed by atoms with Gasteiger partial charge in [-0.05, 0) is 12.1 Å². The number of benzene rings is 2. The van der Waals surface area contributed by atoms with E-state index in [1.807, 2.05) is 30.3 Å². The molecule has 0 bridgehead atoms. The Labute approximate surface area is 171 Å². The van der Waals surface area contributed by atoms with E-state index in [1.54, 1.807) is 31.3 Å². The third-order valence-electron chi connectivity index (χ3n) is 4.90. The van der Waals surface area contributed by atoms with Gasteiger partial charge in [0.1, 0.15) is 6.54 Å². The van der Waals surface area contributed by atoms with Gasteiger partial charge in [0, 0.05) is 19.2 Å². The molecule has 30 heavy (non-hydrogen) atoms. The van der Waals surface area contributed by atoms with E-state index in [-0.39, 0.29) is 25.3 Å². The molecule has 152 valence electrons. The first kappa shape index (κ1) is 19.3. The Hall–Kier alpha value is -4.01. The minimum absolute atomic E-state index is 0.132. The van der Waals surface area contributed by atoms with Crippen LogP contribution in [0.2, 0.25) is 0 Å². The Bertz CT molecular complexity index is 1160. The van der Waals surface area contributed by atoms with Crippen LogP contribution in [-0.4, -0.2) is 50.1 Å². The van der Waals surface area contributed by atoms with Crippen LogP contribution in [0.25, 0.3) is 11.4 Å². The fourth-order valence-electron chi connectivity index (χ4n) is 3.36. The summed E-state index contributed by atoms with van der Waals surface area (Å²) < 4.78 is 2.71. The molecule has 1 aliphatic heterocycles. The van der Waals surface area contributed by atoms with Gasteiger partial charge in [0.15, 0.2) is 5.82 Å². The molecule has 0 saturated heterocycles. The van der Waals surface area contributed by atoms with Crippen molar-refractivity contribution in [1.29, 1.82) is 0 Å². The lowest BCUT2D eigenvalue weighted by atomic mass is 10.1. The largest absolute Gasteiger partial charge is 0.353 e. The van der Waals surface area contributed by atoms with E-state index < -0.39 is 17.7 Å². The van der Waals surface area contributed by atoms with Crippen LogP contribution in [0.15, 0.2) is 59.4 Å². The van der Waals surface area contributed by atoms with Gasteiger partial charge in [0.2, 0.25) is 5.91 Å². The van der Waals surface area contributed by atoms with E-state index in [9.17, 15) is 19.2 Å². The smallest absolute Gasteiger partial charge is 0.345 e. The maximum Gasteiger partial charge on any atom is 0.345 e. The quantitative estimate of drug-likeness (QED) is 0.607. The van der Waals surface area contributed by atoms with E-state index in [0.717, 1.165) is 10.5 Å². The van der Waals surface area contributed by atoms with E-state index in [2.05, 4.69) is 10.4 Å². The molecule has 2 aromatic carbocycles. The second-order valence-corrected chi connectivity index (χ2v) is 6.85. The molecule has 1 N–H and O–H groups in total. The average Bonchev–Trinajstić information content (AvgIpc) is 3.18. The van der Waals surface area contributed by atoms with Crippen molar-refractivity contribution in [2.24, 2.45) is 7.05 Å². The molecular weight excluding hydrogens is 386 g/mol. The van der Waals surface area contributed by atoms with E-state index >= 15 is 0 Å². The van der Waals surface area contributed by atoms with Gasteiger partial charge in [-0.15, -0.1) is 5.10 Å². The molecule has 0 spiro atoms. The fourth-order valence-corrected chi connectivity index (χ4v) is 3.36. The Kier molecular flexibility index (Phi) is 5.01. The number of hydrogen-bond donors (Lipinski definition) is 1. The number of fused-ring (bicyclic) bond motifs is 1. The minimum atomic E-state index is -0.489. The number of rotatable bonds is 6. The standard InChI is InChI=1S/C21H19N5O4/c1-24-18(14-7-3-2-4-8-14)23-26(21(24)30)12-11-22-17(27)13-25-19(28)15-9-5-6-10-16(15)20(25)29/h2-10H,11-13H2,1H3,(H,22,27). The van der Waals surface area contributed by atoms with Crippen LogP contribution in [0.1, 0.15) is 20.7 Å². The zero-order chi connectivity index (χ0) is 21.3. The van der Waals surface area contributed by atoms with Crippen LogP contribution in [0.5, 0.6) is 0 Å². The molecule has 0 fully saturated rings. The van der Waals surface area contributed by atoms with Crippen molar-refractivity contribution in [2.45, 2.75) is 6.54 Å². The van der Waals surface area contributed by atoms with Crippen LogP contribution < -0.4 is 11.0 Å². The topological polar surface area (TPSA) is 106 Å². The molecule has 1 aromatic heterocycles. The average molecular weight is 405 g/mol. The summed E-state index contributed by atoms with van der Waals surface area (Å²) in [6.45, 7) is -0.0841. The van der Waals surface area contributed by atoms with Gasteiger partial charge in [0.05, 0.1) is 17.7 Å². The van der Waals surface area contributed by atoms with Gasteiger partial charge in [0.25, 0.3) is 11.8 Å². The lowest BCUT2D eigenvalue weighted by Gasteiger charge is -2.13. The zero-order valence-corrected chi connectivity index (χ0v) is 16.2. The number of carbonyl (C=O) groups is 3. The van der Waals surface area contributed by atoms with Crippen molar-refractivity contribution in [3.63, 3.8) is 0 Å². The molecule has 3 aromatic rings. The number of nitrogens with one attached hydrogen (secondary N) is 1. The van der Waals surface area contributed by atoms with E-state index in [4.69, 9.17) is 0 Å². The fraction of sp³-hybridized carbons (Fsp3) is 0.190. The number of hydrogen-bond acceptors (Lipinski definition) is 5. The van der Waals surface area contributed by atoms with E-state index in [1.165, 1.54) is 9.25 Å². The predicted octanol–water partition coefficient (Wildman–Crippen LogP) is 0.661. The van der Waals surface area contributed by atoms with Crippen molar-refractivity contribution < 1.29 is 14.4 Å². The van der Waals surface area contributed by atoms with Gasteiger partial charge in [-0.25, -0.2) is 9.48 Å². The second kappa shape index (κ2) is 7.78. The summed E-state index contributed by atoms with van der Waals surface area (Å²) in [6.07, 6.45) is 0. The zero-order valence-electron chi connectivity index (χ0n) is 16.2. The first-order valence-corrected chi connectivity index (χ1v) is 9.38. The minimum Gasteiger partial charge on any atom is -0.353 e. The molecule has 2 heterocycles. The summed E-state index contributed by atoms with van der Waals surface area (Å²) in [5.41, 5.74) is 1.10. The first-order valence-electron chi connectivity index (χ1n) is 9.38. The summed E-state index contributed by atoms with van der Waals surface area (Å²) in [6, 6.07) is 15.8. The third kappa shape index (κ3) is 3.41. The Morgan fingerprint density at radius 1 is 0.933 bits per heavy atom. The van der Waals surface area contributed by atoms with Gasteiger partial charge in [-0.3, -0.25) is 23.9 Å². The Morgan fingerprint density at radius 3 is 2.17 bits per heavy atom. The highest BCUT2D eigenvalue weighted by atomic mass is 16.2. The summed E-state index contributed by atoms with van der Waals surface area (Å²) in [5, 5.41) is 6.96. The van der Waals surface area contributed by atoms with Crippen molar-refractivity contribution in [2.75, 3.05) is 13.1 Å². The molecule has 0 atom stereocenters. The van der Waals surface area contributed by atoms with Gasteiger partial charge >= 0.3 is 5.69 Å². The summed E-state index contributed by atoms with van der Waals surface area (Å²) in [5.74, 6) is -0.937.